The number of ether oxygens (including phenoxy) is 2. The number of sulfonamides is 1. The van der Waals surface area contributed by atoms with Gasteiger partial charge in [-0.25, -0.2) is 13.1 Å². The van der Waals surface area contributed by atoms with Crippen molar-refractivity contribution in [1.82, 2.24) is 4.72 Å². The maximum atomic E-state index is 12.9. The van der Waals surface area contributed by atoms with Crippen LogP contribution in [0.2, 0.25) is 0 Å². The third kappa shape index (κ3) is 4.22. The highest BCUT2D eigenvalue weighted by Gasteiger charge is 2.31. The highest BCUT2D eigenvalue weighted by atomic mass is 35.5. The number of anilines is 1. The number of nitrogens with two attached hydrogens (primary N) is 1. The molecule has 1 unspecified atom stereocenters. The third-order valence-corrected chi connectivity index (χ3v) is 6.23. The Morgan fingerprint density at radius 1 is 1.38 bits per heavy atom. The van der Waals surface area contributed by atoms with Crippen LogP contribution in [0.4, 0.5) is 5.69 Å². The first kappa shape index (κ1) is 20.8. The molecule has 0 aromatic heterocycles. The number of benzene rings is 1. The SMILES string of the molecule is COc1cc2c(cc1S(=O)(=O)NC(CN)C1CCCC1)OCC(=O)N2.Cl. The summed E-state index contributed by atoms with van der Waals surface area (Å²) in [6.07, 6.45) is 4.14. The Bertz CT molecular complexity index is 765. The maximum absolute atomic E-state index is 12.9. The van der Waals surface area contributed by atoms with E-state index in [-0.39, 0.29) is 54.1 Å². The van der Waals surface area contributed by atoms with Gasteiger partial charge in [-0.1, -0.05) is 12.8 Å². The first-order valence-corrected chi connectivity index (χ1v) is 9.80. The quantitative estimate of drug-likeness (QED) is 0.655. The van der Waals surface area contributed by atoms with E-state index in [9.17, 15) is 13.2 Å². The van der Waals surface area contributed by atoms with Gasteiger partial charge in [0.15, 0.2) is 6.61 Å². The zero-order chi connectivity index (χ0) is 18.0. The van der Waals surface area contributed by atoms with Crippen LogP contribution in [-0.4, -0.2) is 40.6 Å². The van der Waals surface area contributed by atoms with E-state index in [0.717, 1.165) is 25.7 Å². The largest absolute Gasteiger partial charge is 0.495 e. The smallest absolute Gasteiger partial charge is 0.262 e. The van der Waals surface area contributed by atoms with E-state index in [2.05, 4.69) is 10.0 Å². The topological polar surface area (TPSA) is 120 Å². The Morgan fingerprint density at radius 2 is 2.08 bits per heavy atom. The Kier molecular flexibility index (Phi) is 6.73. The molecule has 1 atom stereocenters. The minimum absolute atomic E-state index is 0. The summed E-state index contributed by atoms with van der Waals surface area (Å²) in [5, 5.41) is 2.63. The van der Waals surface area contributed by atoms with Gasteiger partial charge in [0.2, 0.25) is 10.0 Å². The number of hydrogen-bond donors (Lipinski definition) is 3. The third-order valence-electron chi connectivity index (χ3n) is 4.72. The van der Waals surface area contributed by atoms with Gasteiger partial charge in [0.05, 0.1) is 12.8 Å². The van der Waals surface area contributed by atoms with Crippen molar-refractivity contribution >= 4 is 34.0 Å². The molecule has 3 rings (SSSR count). The number of rotatable bonds is 6. The van der Waals surface area contributed by atoms with E-state index in [0.29, 0.717) is 11.4 Å². The van der Waals surface area contributed by atoms with Gasteiger partial charge in [-0.3, -0.25) is 4.79 Å². The number of fused-ring (bicyclic) bond motifs is 1. The fraction of sp³-hybridized carbons (Fsp3) is 0.562. The van der Waals surface area contributed by atoms with Crippen LogP contribution in [0.25, 0.3) is 0 Å². The number of carbonyl (C=O) groups excluding carboxylic acids is 1. The molecular weight excluding hydrogens is 382 g/mol. The molecule has 2 aliphatic rings. The Hall–Kier alpha value is -1.55. The molecule has 0 bridgehead atoms. The summed E-state index contributed by atoms with van der Waals surface area (Å²) < 4.78 is 39.0. The van der Waals surface area contributed by atoms with Gasteiger partial charge >= 0.3 is 0 Å². The lowest BCUT2D eigenvalue weighted by atomic mass is 9.99. The Labute approximate surface area is 159 Å². The standard InChI is InChI=1S/C16H23N3O5S.ClH/c1-23-14-6-11-13(24-9-16(20)18-11)7-15(14)25(21,22)19-12(8-17)10-4-2-3-5-10;/h6-7,10,12,19H,2-5,8-9,17H2,1H3,(H,18,20);1H. The lowest BCUT2D eigenvalue weighted by molar-refractivity contribution is -0.118. The molecular formula is C16H24ClN3O5S. The minimum atomic E-state index is -3.85. The highest BCUT2D eigenvalue weighted by Crippen LogP contribution is 2.37. The summed E-state index contributed by atoms with van der Waals surface area (Å²) in [6, 6.07) is 2.51. The molecule has 0 radical (unpaired) electrons. The van der Waals surface area contributed by atoms with Gasteiger partial charge in [-0.05, 0) is 18.8 Å². The predicted molar refractivity (Wildman–Crippen MR) is 99.5 cm³/mol. The molecule has 1 heterocycles. The predicted octanol–water partition coefficient (Wildman–Crippen LogP) is 1.24. The monoisotopic (exact) mass is 405 g/mol. The van der Waals surface area contributed by atoms with Crippen LogP contribution >= 0.6 is 12.4 Å². The summed E-state index contributed by atoms with van der Waals surface area (Å²) in [5.41, 5.74) is 6.19. The fourth-order valence-electron chi connectivity index (χ4n) is 3.42. The van der Waals surface area contributed by atoms with Crippen LogP contribution in [0, 0.1) is 5.92 Å². The summed E-state index contributed by atoms with van der Waals surface area (Å²) in [6.45, 7) is 0.0868. The molecule has 1 aromatic carbocycles. The van der Waals surface area contributed by atoms with Crippen molar-refractivity contribution in [3.05, 3.63) is 12.1 Å². The molecule has 26 heavy (non-hydrogen) atoms. The fourth-order valence-corrected chi connectivity index (χ4v) is 4.90. The number of hydrogen-bond acceptors (Lipinski definition) is 6. The molecule has 1 aliphatic carbocycles. The highest BCUT2D eigenvalue weighted by molar-refractivity contribution is 7.89. The molecule has 1 saturated carbocycles. The molecule has 0 spiro atoms. The molecule has 1 aliphatic heterocycles. The van der Waals surface area contributed by atoms with Gasteiger partial charge in [-0.2, -0.15) is 0 Å². The summed E-state index contributed by atoms with van der Waals surface area (Å²) >= 11 is 0. The van der Waals surface area contributed by atoms with Crippen molar-refractivity contribution in [3.8, 4) is 11.5 Å². The van der Waals surface area contributed by atoms with Crippen LogP contribution in [0.3, 0.4) is 0 Å². The second-order valence-electron chi connectivity index (χ2n) is 6.34. The van der Waals surface area contributed by atoms with Crippen LogP contribution in [0.1, 0.15) is 25.7 Å². The summed E-state index contributed by atoms with van der Waals surface area (Å²) in [5.74, 6) is 0.386. The average molecular weight is 406 g/mol. The Balaban J connectivity index is 0.00000243. The van der Waals surface area contributed by atoms with Gasteiger partial charge in [0.1, 0.15) is 16.4 Å². The zero-order valence-electron chi connectivity index (χ0n) is 14.5. The number of carbonyl (C=O) groups is 1. The molecule has 146 valence electrons. The average Bonchev–Trinajstić information content (AvgIpc) is 3.12. The van der Waals surface area contributed by atoms with E-state index in [1.165, 1.54) is 19.2 Å². The molecule has 8 nitrogen and oxygen atoms in total. The van der Waals surface area contributed by atoms with E-state index in [1.807, 2.05) is 0 Å². The number of amides is 1. The number of halogens is 1. The summed E-state index contributed by atoms with van der Waals surface area (Å²) in [4.78, 5) is 11.4. The first-order chi connectivity index (χ1) is 11.9. The van der Waals surface area contributed by atoms with E-state index in [4.69, 9.17) is 15.2 Å². The lowest BCUT2D eigenvalue weighted by Gasteiger charge is -2.24. The first-order valence-electron chi connectivity index (χ1n) is 8.31. The van der Waals surface area contributed by atoms with E-state index in [1.54, 1.807) is 0 Å². The second-order valence-corrected chi connectivity index (χ2v) is 8.03. The van der Waals surface area contributed by atoms with Crippen LogP contribution < -0.4 is 25.2 Å². The van der Waals surface area contributed by atoms with E-state index >= 15 is 0 Å². The molecule has 10 heteroatoms. The van der Waals surface area contributed by atoms with Gasteiger partial charge in [0.25, 0.3) is 5.91 Å². The summed E-state index contributed by atoms with van der Waals surface area (Å²) in [7, 11) is -2.47. The second kappa shape index (κ2) is 8.43. The van der Waals surface area contributed by atoms with Crippen molar-refractivity contribution < 1.29 is 22.7 Å². The van der Waals surface area contributed by atoms with Crippen molar-refractivity contribution in [2.75, 3.05) is 25.6 Å². The lowest BCUT2D eigenvalue weighted by Crippen LogP contribution is -2.44. The van der Waals surface area contributed by atoms with Gasteiger partial charge < -0.3 is 20.5 Å². The van der Waals surface area contributed by atoms with Crippen molar-refractivity contribution in [3.63, 3.8) is 0 Å². The minimum Gasteiger partial charge on any atom is -0.495 e. The van der Waals surface area contributed by atoms with Crippen molar-refractivity contribution in [2.45, 2.75) is 36.6 Å². The van der Waals surface area contributed by atoms with Crippen LogP contribution in [-0.2, 0) is 14.8 Å². The number of nitrogens with one attached hydrogen (secondary N) is 2. The maximum Gasteiger partial charge on any atom is 0.262 e. The van der Waals surface area contributed by atoms with Crippen molar-refractivity contribution in [1.29, 1.82) is 0 Å². The zero-order valence-corrected chi connectivity index (χ0v) is 16.1. The van der Waals surface area contributed by atoms with Crippen molar-refractivity contribution in [2.24, 2.45) is 11.7 Å². The molecule has 4 N–H and O–H groups in total. The molecule has 1 amide bonds. The van der Waals surface area contributed by atoms with Gasteiger partial charge in [0, 0.05) is 24.7 Å². The number of methoxy groups -OCH3 is 1. The molecule has 0 saturated heterocycles. The van der Waals surface area contributed by atoms with Gasteiger partial charge in [-0.15, -0.1) is 12.4 Å². The Morgan fingerprint density at radius 3 is 2.69 bits per heavy atom. The van der Waals surface area contributed by atoms with Crippen LogP contribution in [0.5, 0.6) is 11.5 Å². The molecule has 1 fully saturated rings. The normalized spacial score (nSPS) is 18.3. The molecule has 1 aromatic rings. The van der Waals surface area contributed by atoms with E-state index < -0.39 is 10.0 Å². The van der Waals surface area contributed by atoms with Crippen LogP contribution in [0.15, 0.2) is 17.0 Å².